The van der Waals surface area contributed by atoms with Crippen molar-refractivity contribution in [1.29, 1.82) is 0 Å². The van der Waals surface area contributed by atoms with Crippen molar-refractivity contribution in [2.45, 2.75) is 40.3 Å². The van der Waals surface area contributed by atoms with Gasteiger partial charge in [0.15, 0.2) is 11.5 Å². The van der Waals surface area contributed by atoms with Crippen LogP contribution in [0.2, 0.25) is 0 Å². The van der Waals surface area contributed by atoms with Crippen LogP contribution < -0.4 is 9.47 Å². The molecule has 0 spiro atoms. The first-order valence-corrected chi connectivity index (χ1v) is 12.6. The number of aryl methyl sites for hydroxylation is 1. The predicted molar refractivity (Wildman–Crippen MR) is 143 cm³/mol. The third kappa shape index (κ3) is 5.49. The van der Waals surface area contributed by atoms with Gasteiger partial charge in [-0.1, -0.05) is 26.0 Å². The molecule has 8 heteroatoms. The zero-order valence-corrected chi connectivity index (χ0v) is 22.0. The van der Waals surface area contributed by atoms with Crippen molar-refractivity contribution in [1.82, 2.24) is 9.88 Å². The SMILES string of the molecule is CCOc1cc([C@H]2/C(=C(\O)c3ccc(OCC(C)C)c(C)c3)C(=O)C(=O)N2Cc2cccnc2)ccc1O. The van der Waals surface area contributed by atoms with Gasteiger partial charge in [0.05, 0.1) is 24.8 Å². The van der Waals surface area contributed by atoms with Gasteiger partial charge in [-0.3, -0.25) is 14.6 Å². The van der Waals surface area contributed by atoms with Crippen LogP contribution in [-0.2, 0) is 16.1 Å². The minimum Gasteiger partial charge on any atom is -0.507 e. The number of aromatic hydroxyl groups is 1. The van der Waals surface area contributed by atoms with E-state index >= 15 is 0 Å². The Kier molecular flexibility index (Phi) is 8.00. The number of phenolic OH excluding ortho intramolecular Hbond substituents is 1. The number of rotatable bonds is 9. The Bertz CT molecular complexity index is 1370. The number of hydrogen-bond acceptors (Lipinski definition) is 7. The van der Waals surface area contributed by atoms with Gasteiger partial charge >= 0.3 is 0 Å². The number of aliphatic hydroxyl groups is 1. The van der Waals surface area contributed by atoms with Gasteiger partial charge < -0.3 is 24.6 Å². The van der Waals surface area contributed by atoms with Crippen molar-refractivity contribution in [3.05, 3.63) is 88.8 Å². The van der Waals surface area contributed by atoms with E-state index in [0.29, 0.717) is 36.0 Å². The molecule has 0 bridgehead atoms. The number of phenols is 1. The largest absolute Gasteiger partial charge is 0.507 e. The molecule has 8 nitrogen and oxygen atoms in total. The quantitative estimate of drug-likeness (QED) is 0.230. The van der Waals surface area contributed by atoms with E-state index in [1.165, 1.54) is 11.0 Å². The molecular weight excluding hydrogens is 484 g/mol. The van der Waals surface area contributed by atoms with E-state index in [1.54, 1.807) is 55.7 Å². The Morgan fingerprint density at radius 1 is 1.08 bits per heavy atom. The van der Waals surface area contributed by atoms with Crippen LogP contribution in [0, 0.1) is 12.8 Å². The molecule has 1 fully saturated rings. The normalized spacial score (nSPS) is 16.8. The number of carbonyl (C=O) groups is 2. The molecule has 1 aliphatic rings. The number of aromatic nitrogens is 1. The van der Waals surface area contributed by atoms with Crippen LogP contribution in [0.4, 0.5) is 0 Å². The zero-order valence-electron chi connectivity index (χ0n) is 22.0. The lowest BCUT2D eigenvalue weighted by atomic mass is 9.94. The van der Waals surface area contributed by atoms with E-state index in [9.17, 15) is 19.8 Å². The number of hydrogen-bond donors (Lipinski definition) is 2. The third-order valence-electron chi connectivity index (χ3n) is 6.24. The number of pyridine rings is 1. The van der Waals surface area contributed by atoms with E-state index in [0.717, 1.165) is 11.1 Å². The van der Waals surface area contributed by atoms with E-state index in [1.807, 2.05) is 13.0 Å². The number of likely N-dealkylation sites (tertiary alicyclic amines) is 1. The average molecular weight is 517 g/mol. The van der Waals surface area contributed by atoms with Crippen LogP contribution >= 0.6 is 0 Å². The Morgan fingerprint density at radius 3 is 2.53 bits per heavy atom. The number of ketones is 1. The first-order valence-electron chi connectivity index (χ1n) is 12.6. The highest BCUT2D eigenvalue weighted by Gasteiger charge is 2.46. The van der Waals surface area contributed by atoms with Crippen molar-refractivity contribution in [2.24, 2.45) is 5.92 Å². The molecule has 1 aromatic heterocycles. The van der Waals surface area contributed by atoms with Gasteiger partial charge in [-0.2, -0.15) is 0 Å². The fourth-order valence-electron chi connectivity index (χ4n) is 4.42. The monoisotopic (exact) mass is 516 g/mol. The van der Waals surface area contributed by atoms with Crippen molar-refractivity contribution in [2.75, 3.05) is 13.2 Å². The minimum absolute atomic E-state index is 0.0396. The summed E-state index contributed by atoms with van der Waals surface area (Å²) in [6.07, 6.45) is 3.25. The third-order valence-corrected chi connectivity index (χ3v) is 6.24. The van der Waals surface area contributed by atoms with Crippen molar-refractivity contribution in [3.8, 4) is 17.2 Å². The highest BCUT2D eigenvalue weighted by Crippen LogP contribution is 2.42. The van der Waals surface area contributed by atoms with Crippen LogP contribution in [0.1, 0.15) is 49.1 Å². The summed E-state index contributed by atoms with van der Waals surface area (Å²) in [6.45, 7) is 8.73. The predicted octanol–water partition coefficient (Wildman–Crippen LogP) is 5.15. The van der Waals surface area contributed by atoms with Gasteiger partial charge in [0.1, 0.15) is 11.5 Å². The zero-order chi connectivity index (χ0) is 27.4. The number of carbonyl (C=O) groups excluding carboxylic acids is 2. The Hall–Kier alpha value is -4.33. The summed E-state index contributed by atoms with van der Waals surface area (Å²) >= 11 is 0. The van der Waals surface area contributed by atoms with Crippen molar-refractivity contribution < 1.29 is 29.3 Å². The summed E-state index contributed by atoms with van der Waals surface area (Å²) in [5.74, 6) is -0.618. The maximum absolute atomic E-state index is 13.4. The van der Waals surface area contributed by atoms with Crippen LogP contribution in [-0.4, -0.2) is 45.0 Å². The molecule has 38 heavy (non-hydrogen) atoms. The van der Waals surface area contributed by atoms with Crippen LogP contribution in [0.15, 0.2) is 66.5 Å². The van der Waals surface area contributed by atoms with E-state index in [4.69, 9.17) is 9.47 Å². The van der Waals surface area contributed by atoms with Gasteiger partial charge in [-0.15, -0.1) is 0 Å². The first-order chi connectivity index (χ1) is 18.2. The molecule has 198 valence electrons. The topological polar surface area (TPSA) is 109 Å². The Labute approximate surface area is 222 Å². The highest BCUT2D eigenvalue weighted by molar-refractivity contribution is 6.46. The van der Waals surface area contributed by atoms with Crippen LogP contribution in [0.25, 0.3) is 5.76 Å². The summed E-state index contributed by atoms with van der Waals surface area (Å²) < 4.78 is 11.4. The minimum atomic E-state index is -0.910. The number of Topliss-reactive ketones (excluding diaryl/α,β-unsaturated/α-hetero) is 1. The molecule has 3 aromatic rings. The summed E-state index contributed by atoms with van der Waals surface area (Å²) in [4.78, 5) is 32.2. The molecule has 2 N–H and O–H groups in total. The van der Waals surface area contributed by atoms with Gasteiger partial charge in [0, 0.05) is 24.5 Å². The molecule has 4 rings (SSSR count). The molecule has 0 radical (unpaired) electrons. The molecule has 1 aliphatic heterocycles. The molecule has 0 aliphatic carbocycles. The lowest BCUT2D eigenvalue weighted by Crippen LogP contribution is -2.29. The molecule has 1 atom stereocenters. The highest BCUT2D eigenvalue weighted by atomic mass is 16.5. The second kappa shape index (κ2) is 11.4. The lowest BCUT2D eigenvalue weighted by molar-refractivity contribution is -0.140. The first kappa shape index (κ1) is 26.7. The van der Waals surface area contributed by atoms with Gasteiger partial charge in [-0.05, 0) is 72.9 Å². The summed E-state index contributed by atoms with van der Waals surface area (Å²) in [5, 5.41) is 21.7. The van der Waals surface area contributed by atoms with E-state index in [-0.39, 0.29) is 29.4 Å². The van der Waals surface area contributed by atoms with E-state index in [2.05, 4.69) is 18.8 Å². The molecule has 0 unspecified atom stereocenters. The molecular formula is C30H32N2O6. The second-order valence-corrected chi connectivity index (χ2v) is 9.63. The number of nitrogens with zero attached hydrogens (tertiary/aromatic N) is 2. The maximum Gasteiger partial charge on any atom is 0.295 e. The molecule has 2 heterocycles. The van der Waals surface area contributed by atoms with Gasteiger partial charge in [0.25, 0.3) is 11.7 Å². The van der Waals surface area contributed by atoms with Crippen LogP contribution in [0.5, 0.6) is 17.2 Å². The fraction of sp³-hybridized carbons (Fsp3) is 0.300. The number of ether oxygens (including phenoxy) is 2. The molecule has 2 aromatic carbocycles. The fourth-order valence-corrected chi connectivity index (χ4v) is 4.42. The number of aliphatic hydroxyl groups excluding tert-OH is 1. The van der Waals surface area contributed by atoms with Gasteiger partial charge in [-0.25, -0.2) is 0 Å². The standard InChI is InChI=1S/C30H32N2O6/c1-5-37-25-14-21(8-10-23(25)33)27-26(29(35)30(36)32(27)16-20-7-6-12-31-15-20)28(34)22-9-11-24(19(4)13-22)38-17-18(2)3/h6-15,18,27,33-34H,5,16-17H2,1-4H3/b28-26+/t27-/m0/s1. The smallest absolute Gasteiger partial charge is 0.295 e. The van der Waals surface area contributed by atoms with Gasteiger partial charge in [0.2, 0.25) is 0 Å². The lowest BCUT2D eigenvalue weighted by Gasteiger charge is -2.26. The summed E-state index contributed by atoms with van der Waals surface area (Å²) in [6, 6.07) is 12.5. The molecule has 1 saturated heterocycles. The Balaban J connectivity index is 1.83. The molecule has 0 saturated carbocycles. The van der Waals surface area contributed by atoms with Crippen LogP contribution in [0.3, 0.4) is 0 Å². The summed E-state index contributed by atoms with van der Waals surface area (Å²) in [7, 11) is 0. The number of amides is 1. The average Bonchev–Trinajstić information content (AvgIpc) is 3.14. The second-order valence-electron chi connectivity index (χ2n) is 9.63. The van der Waals surface area contributed by atoms with Crippen molar-refractivity contribution in [3.63, 3.8) is 0 Å². The number of benzene rings is 2. The van der Waals surface area contributed by atoms with E-state index < -0.39 is 17.7 Å². The molecule has 1 amide bonds. The maximum atomic E-state index is 13.4. The summed E-state index contributed by atoms with van der Waals surface area (Å²) in [5.41, 5.74) is 2.39. The van der Waals surface area contributed by atoms with Crippen molar-refractivity contribution >= 4 is 17.4 Å². The Morgan fingerprint density at radius 2 is 1.87 bits per heavy atom.